The molecule has 0 aliphatic heterocycles. The molecule has 2 amide bonds. The zero-order chi connectivity index (χ0) is 26.3. The molecule has 2 aromatic rings. The van der Waals surface area contributed by atoms with Gasteiger partial charge in [-0.05, 0) is 50.1 Å². The number of nitrogens with zero attached hydrogens (tertiary/aromatic N) is 2. The van der Waals surface area contributed by atoms with Gasteiger partial charge in [0.05, 0.1) is 19.1 Å². The predicted molar refractivity (Wildman–Crippen MR) is 140 cm³/mol. The Morgan fingerprint density at radius 1 is 1.11 bits per heavy atom. The van der Waals surface area contributed by atoms with Gasteiger partial charge in [-0.2, -0.15) is 0 Å². The fourth-order valence-corrected chi connectivity index (χ4v) is 4.82. The number of hydrogen-bond donors (Lipinski definition) is 1. The summed E-state index contributed by atoms with van der Waals surface area (Å²) in [5, 5.41) is 3.60. The summed E-state index contributed by atoms with van der Waals surface area (Å²) < 4.78 is 31.5. The molecule has 8 nitrogen and oxygen atoms in total. The molecule has 0 fully saturated rings. The van der Waals surface area contributed by atoms with Crippen LogP contribution in [0.3, 0.4) is 0 Å². The second kappa shape index (κ2) is 12.5. The fraction of sp³-hybridized carbons (Fsp3) is 0.417. The number of amides is 2. The van der Waals surface area contributed by atoms with Gasteiger partial charge in [-0.3, -0.25) is 13.9 Å². The third kappa shape index (κ3) is 8.02. The molecule has 1 N–H and O–H groups in total. The quantitative estimate of drug-likeness (QED) is 0.460. The van der Waals surface area contributed by atoms with Crippen LogP contribution in [0, 0.1) is 0 Å². The van der Waals surface area contributed by atoms with E-state index in [9.17, 15) is 18.0 Å². The van der Waals surface area contributed by atoms with E-state index >= 15 is 0 Å². The number of halogens is 2. The van der Waals surface area contributed by atoms with Crippen LogP contribution < -0.4 is 14.4 Å². The third-order valence-corrected chi connectivity index (χ3v) is 6.92. The van der Waals surface area contributed by atoms with Gasteiger partial charge in [-0.25, -0.2) is 8.42 Å². The van der Waals surface area contributed by atoms with E-state index in [4.69, 9.17) is 27.9 Å². The van der Waals surface area contributed by atoms with Crippen LogP contribution in [0.1, 0.15) is 32.8 Å². The van der Waals surface area contributed by atoms with Crippen molar-refractivity contribution in [3.05, 3.63) is 58.1 Å². The zero-order valence-corrected chi connectivity index (χ0v) is 22.7. The summed E-state index contributed by atoms with van der Waals surface area (Å²) in [4.78, 5) is 28.0. The number of sulfonamides is 1. The second-order valence-electron chi connectivity index (χ2n) is 8.32. The van der Waals surface area contributed by atoms with Gasteiger partial charge in [0.1, 0.15) is 18.3 Å². The summed E-state index contributed by atoms with van der Waals surface area (Å²) in [6.07, 6.45) is 1.33. The van der Waals surface area contributed by atoms with Gasteiger partial charge in [0.15, 0.2) is 0 Å². The van der Waals surface area contributed by atoms with Gasteiger partial charge < -0.3 is 15.0 Å². The van der Waals surface area contributed by atoms with Crippen LogP contribution in [-0.4, -0.2) is 57.1 Å². The molecule has 192 valence electrons. The van der Waals surface area contributed by atoms with Crippen molar-refractivity contribution < 1.29 is 22.7 Å². The number of carbonyl (C=O) groups is 2. The molecule has 11 heteroatoms. The maximum atomic E-state index is 13.6. The number of ether oxygens (including phenoxy) is 1. The molecule has 0 saturated carbocycles. The highest BCUT2D eigenvalue weighted by atomic mass is 35.5. The van der Waals surface area contributed by atoms with Crippen LogP contribution in [-0.2, 0) is 26.2 Å². The number of benzene rings is 2. The van der Waals surface area contributed by atoms with Crippen molar-refractivity contribution in [2.45, 2.75) is 45.8 Å². The lowest BCUT2D eigenvalue weighted by Crippen LogP contribution is -2.53. The van der Waals surface area contributed by atoms with E-state index in [2.05, 4.69) is 5.32 Å². The number of hydrogen-bond acceptors (Lipinski definition) is 5. The van der Waals surface area contributed by atoms with Crippen molar-refractivity contribution in [2.24, 2.45) is 0 Å². The van der Waals surface area contributed by atoms with E-state index in [0.717, 1.165) is 10.6 Å². The van der Waals surface area contributed by atoms with Crippen LogP contribution in [0.5, 0.6) is 5.75 Å². The minimum Gasteiger partial charge on any atom is -0.497 e. The van der Waals surface area contributed by atoms with E-state index in [1.165, 1.54) is 18.1 Å². The lowest BCUT2D eigenvalue weighted by Gasteiger charge is -2.33. The molecule has 0 spiro atoms. The number of nitrogens with one attached hydrogen (secondary N) is 1. The van der Waals surface area contributed by atoms with Gasteiger partial charge in [-0.1, -0.05) is 42.3 Å². The van der Waals surface area contributed by atoms with E-state index in [1.54, 1.807) is 43.3 Å². The standard InChI is InChI=1S/C24H31Cl2N3O5S/c1-6-22(24(31)27-16(2)3)28(14-17-10-11-18(25)12-21(17)26)23(30)15-29(35(5,32)33)19-8-7-9-20(13-19)34-4/h7-13,16,22H,6,14-15H2,1-5H3,(H,27,31). The summed E-state index contributed by atoms with van der Waals surface area (Å²) in [6.45, 7) is 4.91. The largest absolute Gasteiger partial charge is 0.497 e. The Kier molecular flexibility index (Phi) is 10.2. The van der Waals surface area contributed by atoms with Gasteiger partial charge in [0, 0.05) is 28.7 Å². The van der Waals surface area contributed by atoms with Crippen molar-refractivity contribution in [1.29, 1.82) is 0 Å². The van der Waals surface area contributed by atoms with Gasteiger partial charge in [0.2, 0.25) is 21.8 Å². The van der Waals surface area contributed by atoms with Gasteiger partial charge in [-0.15, -0.1) is 0 Å². The lowest BCUT2D eigenvalue weighted by molar-refractivity contribution is -0.140. The first-order valence-corrected chi connectivity index (χ1v) is 13.6. The van der Waals surface area contributed by atoms with Crippen molar-refractivity contribution >= 4 is 50.7 Å². The van der Waals surface area contributed by atoms with Crippen LogP contribution in [0.15, 0.2) is 42.5 Å². The van der Waals surface area contributed by atoms with Crippen molar-refractivity contribution in [1.82, 2.24) is 10.2 Å². The zero-order valence-electron chi connectivity index (χ0n) is 20.4. The molecule has 2 aromatic carbocycles. The summed E-state index contributed by atoms with van der Waals surface area (Å²) in [6, 6.07) is 10.3. The van der Waals surface area contributed by atoms with Crippen LogP contribution in [0.4, 0.5) is 5.69 Å². The second-order valence-corrected chi connectivity index (χ2v) is 11.1. The van der Waals surface area contributed by atoms with E-state index in [-0.39, 0.29) is 24.2 Å². The summed E-state index contributed by atoms with van der Waals surface area (Å²) in [7, 11) is -2.38. The third-order valence-electron chi connectivity index (χ3n) is 5.19. The minimum absolute atomic E-state index is 0.00539. The van der Waals surface area contributed by atoms with Crippen molar-refractivity contribution in [3.63, 3.8) is 0 Å². The molecule has 0 bridgehead atoms. The Balaban J connectivity index is 2.49. The van der Waals surface area contributed by atoms with Crippen LogP contribution in [0.2, 0.25) is 10.0 Å². The highest BCUT2D eigenvalue weighted by Gasteiger charge is 2.32. The molecule has 1 atom stereocenters. The van der Waals surface area contributed by atoms with E-state index in [0.29, 0.717) is 27.8 Å². The van der Waals surface area contributed by atoms with Crippen molar-refractivity contribution in [3.8, 4) is 5.75 Å². The summed E-state index contributed by atoms with van der Waals surface area (Å²) in [5.41, 5.74) is 0.844. The van der Waals surface area contributed by atoms with Gasteiger partial charge in [0.25, 0.3) is 0 Å². The average Bonchev–Trinajstić information content (AvgIpc) is 2.77. The van der Waals surface area contributed by atoms with E-state index < -0.39 is 28.5 Å². The molecule has 0 saturated heterocycles. The molecular formula is C24H31Cl2N3O5S. The topological polar surface area (TPSA) is 96.0 Å². The molecular weight excluding hydrogens is 513 g/mol. The Labute approximate surface area is 217 Å². The minimum atomic E-state index is -3.84. The normalized spacial score (nSPS) is 12.2. The molecule has 0 heterocycles. The fourth-order valence-electron chi connectivity index (χ4n) is 3.51. The monoisotopic (exact) mass is 543 g/mol. The SMILES string of the molecule is CCC(C(=O)NC(C)C)N(Cc1ccc(Cl)cc1Cl)C(=O)CN(c1cccc(OC)c1)S(C)(=O)=O. The first kappa shape index (κ1) is 28.7. The maximum Gasteiger partial charge on any atom is 0.244 e. The molecule has 0 aliphatic rings. The molecule has 0 aromatic heterocycles. The highest BCUT2D eigenvalue weighted by Crippen LogP contribution is 2.26. The predicted octanol–water partition coefficient (Wildman–Crippen LogP) is 4.10. The average molecular weight is 545 g/mol. The number of rotatable bonds is 11. The first-order valence-electron chi connectivity index (χ1n) is 11.0. The summed E-state index contributed by atoms with van der Waals surface area (Å²) >= 11 is 12.4. The van der Waals surface area contributed by atoms with Crippen LogP contribution in [0.25, 0.3) is 0 Å². The smallest absolute Gasteiger partial charge is 0.244 e. The van der Waals surface area contributed by atoms with Crippen LogP contribution >= 0.6 is 23.2 Å². The molecule has 0 aliphatic carbocycles. The number of anilines is 1. The Morgan fingerprint density at radius 2 is 1.80 bits per heavy atom. The highest BCUT2D eigenvalue weighted by molar-refractivity contribution is 7.92. The summed E-state index contributed by atoms with van der Waals surface area (Å²) in [5.74, 6) is -0.459. The molecule has 1 unspecified atom stereocenters. The Morgan fingerprint density at radius 3 is 2.34 bits per heavy atom. The molecule has 35 heavy (non-hydrogen) atoms. The maximum absolute atomic E-state index is 13.6. The van der Waals surface area contributed by atoms with Crippen molar-refractivity contribution in [2.75, 3.05) is 24.2 Å². The lowest BCUT2D eigenvalue weighted by atomic mass is 10.1. The van der Waals surface area contributed by atoms with E-state index in [1.807, 2.05) is 13.8 Å². The Hall–Kier alpha value is -2.49. The number of carbonyl (C=O) groups excluding carboxylic acids is 2. The molecule has 0 radical (unpaired) electrons. The molecule has 2 rings (SSSR count). The Bertz CT molecular complexity index is 1160. The number of methoxy groups -OCH3 is 1. The first-order chi connectivity index (χ1) is 16.4. The van der Waals surface area contributed by atoms with Gasteiger partial charge >= 0.3 is 0 Å².